The van der Waals surface area contributed by atoms with Crippen molar-refractivity contribution in [3.63, 3.8) is 0 Å². The van der Waals surface area contributed by atoms with Gasteiger partial charge in [-0.15, -0.1) is 0 Å². The van der Waals surface area contributed by atoms with Crippen molar-refractivity contribution in [2.75, 3.05) is 0 Å². The minimum atomic E-state index is -1.42. The van der Waals surface area contributed by atoms with E-state index in [1.165, 1.54) is 6.07 Å². The number of ether oxygens (including phenoxy) is 1. The molecule has 0 aliphatic rings. The van der Waals surface area contributed by atoms with Gasteiger partial charge in [0.2, 0.25) is 0 Å². The zero-order valence-corrected chi connectivity index (χ0v) is 15.1. The van der Waals surface area contributed by atoms with Gasteiger partial charge in [-0.3, -0.25) is 4.90 Å². The number of carboxylic acids is 1. The molecule has 1 N–H and O–H groups in total. The third kappa shape index (κ3) is 4.95. The lowest BCUT2D eigenvalue weighted by molar-refractivity contribution is -0.143. The second-order valence-corrected chi connectivity index (χ2v) is 6.42. The Kier molecular flexibility index (Phi) is 6.58. The van der Waals surface area contributed by atoms with Crippen molar-refractivity contribution >= 4 is 23.7 Å². The molecule has 138 valence electrons. The summed E-state index contributed by atoms with van der Waals surface area (Å²) in [4.78, 5) is 25.4. The first-order valence-corrected chi connectivity index (χ1v) is 8.35. The number of carbonyl (C=O) groups is 2. The highest BCUT2D eigenvalue weighted by molar-refractivity contribution is 6.30. The van der Waals surface area contributed by atoms with Crippen LogP contribution in [0.15, 0.2) is 48.5 Å². The van der Waals surface area contributed by atoms with Crippen LogP contribution in [-0.2, 0) is 16.1 Å². The highest BCUT2D eigenvalue weighted by atomic mass is 35.5. The molecule has 2 aromatic rings. The Morgan fingerprint density at radius 3 is 2.38 bits per heavy atom. The largest absolute Gasteiger partial charge is 0.479 e. The third-order valence-electron chi connectivity index (χ3n) is 3.69. The van der Waals surface area contributed by atoms with Crippen molar-refractivity contribution in [3.05, 3.63) is 70.5 Å². The SMILES string of the molecule is CC(C)N(C(=O)OCc1ccccc1)C(C(=O)O)c1cc(F)cc(Cl)c1. The number of hydrogen-bond acceptors (Lipinski definition) is 3. The third-order valence-corrected chi connectivity index (χ3v) is 3.90. The predicted octanol–water partition coefficient (Wildman–Crippen LogP) is 4.65. The predicted molar refractivity (Wildman–Crippen MR) is 95.4 cm³/mol. The quantitative estimate of drug-likeness (QED) is 0.793. The van der Waals surface area contributed by atoms with Gasteiger partial charge in [0.15, 0.2) is 6.04 Å². The molecule has 0 bridgehead atoms. The highest BCUT2D eigenvalue weighted by Gasteiger charge is 2.34. The van der Waals surface area contributed by atoms with Crippen LogP contribution in [0, 0.1) is 5.82 Å². The van der Waals surface area contributed by atoms with Crippen LogP contribution in [0.2, 0.25) is 5.02 Å². The Labute approximate surface area is 156 Å². The fourth-order valence-corrected chi connectivity index (χ4v) is 2.79. The lowest BCUT2D eigenvalue weighted by Gasteiger charge is -2.32. The average Bonchev–Trinajstić information content (AvgIpc) is 2.56. The van der Waals surface area contributed by atoms with Crippen molar-refractivity contribution < 1.29 is 23.8 Å². The van der Waals surface area contributed by atoms with Crippen molar-refractivity contribution in [2.45, 2.75) is 32.5 Å². The van der Waals surface area contributed by atoms with Gasteiger partial charge in [0, 0.05) is 11.1 Å². The molecule has 7 heteroatoms. The van der Waals surface area contributed by atoms with E-state index < -0.39 is 30.0 Å². The lowest BCUT2D eigenvalue weighted by Crippen LogP contribution is -2.43. The van der Waals surface area contributed by atoms with Gasteiger partial charge in [-0.2, -0.15) is 0 Å². The van der Waals surface area contributed by atoms with Crippen molar-refractivity contribution in [2.24, 2.45) is 0 Å². The van der Waals surface area contributed by atoms with Gasteiger partial charge in [0.1, 0.15) is 12.4 Å². The molecule has 1 atom stereocenters. The standard InChI is InChI=1S/C19H19ClFNO4/c1-12(2)22(19(25)26-11-13-6-4-3-5-7-13)17(18(23)24)14-8-15(20)10-16(21)9-14/h3-10,12,17H,11H2,1-2H3,(H,23,24). The first-order chi connectivity index (χ1) is 12.3. The molecule has 1 amide bonds. The number of carboxylic acid groups (broad SMARTS) is 1. The van der Waals surface area contributed by atoms with E-state index in [1.54, 1.807) is 38.1 Å². The first-order valence-electron chi connectivity index (χ1n) is 7.97. The first kappa shape index (κ1) is 19.7. The zero-order valence-electron chi connectivity index (χ0n) is 14.4. The van der Waals surface area contributed by atoms with Gasteiger partial charge >= 0.3 is 12.1 Å². The maximum absolute atomic E-state index is 13.7. The van der Waals surface area contributed by atoms with Crippen LogP contribution in [0.25, 0.3) is 0 Å². The molecule has 2 rings (SSSR count). The smallest absolute Gasteiger partial charge is 0.411 e. The summed E-state index contributed by atoms with van der Waals surface area (Å²) >= 11 is 5.84. The van der Waals surface area contributed by atoms with Gasteiger partial charge < -0.3 is 9.84 Å². The van der Waals surface area contributed by atoms with Crippen LogP contribution in [-0.4, -0.2) is 28.1 Å². The molecular weight excluding hydrogens is 361 g/mol. The highest BCUT2D eigenvalue weighted by Crippen LogP contribution is 2.28. The fourth-order valence-electron chi connectivity index (χ4n) is 2.56. The molecule has 0 fully saturated rings. The molecule has 2 aromatic carbocycles. The number of amides is 1. The molecule has 0 heterocycles. The number of benzene rings is 2. The molecule has 0 saturated carbocycles. The number of carbonyl (C=O) groups excluding carboxylic acids is 1. The summed E-state index contributed by atoms with van der Waals surface area (Å²) in [6.45, 7) is 3.31. The molecule has 0 aromatic heterocycles. The summed E-state index contributed by atoms with van der Waals surface area (Å²) in [5.74, 6) is -1.99. The second-order valence-electron chi connectivity index (χ2n) is 5.98. The molecule has 26 heavy (non-hydrogen) atoms. The minimum absolute atomic E-state index is 0.000854. The minimum Gasteiger partial charge on any atom is -0.479 e. The van der Waals surface area contributed by atoms with Gasteiger partial charge in [-0.05, 0) is 43.2 Å². The molecule has 0 saturated heterocycles. The lowest BCUT2D eigenvalue weighted by atomic mass is 10.0. The average molecular weight is 380 g/mol. The molecule has 5 nitrogen and oxygen atoms in total. The Morgan fingerprint density at radius 1 is 1.19 bits per heavy atom. The van der Waals surface area contributed by atoms with Crippen molar-refractivity contribution in [1.82, 2.24) is 4.90 Å². The number of rotatable bonds is 6. The van der Waals surface area contributed by atoms with E-state index in [4.69, 9.17) is 16.3 Å². The summed E-state index contributed by atoms with van der Waals surface area (Å²) in [6.07, 6.45) is -0.809. The van der Waals surface area contributed by atoms with Gasteiger partial charge in [-0.25, -0.2) is 14.0 Å². The molecule has 0 aliphatic carbocycles. The zero-order chi connectivity index (χ0) is 19.3. The van der Waals surface area contributed by atoms with E-state index in [0.29, 0.717) is 0 Å². The van der Waals surface area contributed by atoms with Crippen LogP contribution >= 0.6 is 11.6 Å². The normalized spacial score (nSPS) is 11.9. The number of hydrogen-bond donors (Lipinski definition) is 1. The van der Waals surface area contributed by atoms with Crippen LogP contribution < -0.4 is 0 Å². The van der Waals surface area contributed by atoms with Gasteiger partial charge in [0.05, 0.1) is 0 Å². The van der Waals surface area contributed by atoms with Gasteiger partial charge in [0.25, 0.3) is 0 Å². The van der Waals surface area contributed by atoms with Crippen molar-refractivity contribution in [3.8, 4) is 0 Å². The second kappa shape index (κ2) is 8.67. The van der Waals surface area contributed by atoms with Gasteiger partial charge in [-0.1, -0.05) is 41.9 Å². The Balaban J connectivity index is 2.29. The maximum Gasteiger partial charge on any atom is 0.411 e. The van der Waals surface area contributed by atoms with Crippen LogP contribution in [0.3, 0.4) is 0 Å². The Bertz CT molecular complexity index is 762. The fraction of sp³-hybridized carbons (Fsp3) is 0.263. The summed E-state index contributed by atoms with van der Waals surface area (Å²) in [7, 11) is 0. The Morgan fingerprint density at radius 2 is 1.85 bits per heavy atom. The summed E-state index contributed by atoms with van der Waals surface area (Å²) in [5, 5.41) is 9.70. The van der Waals surface area contributed by atoms with E-state index in [2.05, 4.69) is 0 Å². The molecule has 0 aliphatic heterocycles. The summed E-state index contributed by atoms with van der Waals surface area (Å²) < 4.78 is 18.9. The van der Waals surface area contributed by atoms with E-state index in [9.17, 15) is 19.1 Å². The topological polar surface area (TPSA) is 66.8 Å². The van der Waals surface area contributed by atoms with E-state index in [0.717, 1.165) is 22.6 Å². The van der Waals surface area contributed by atoms with E-state index in [-0.39, 0.29) is 17.2 Å². The van der Waals surface area contributed by atoms with Crippen LogP contribution in [0.4, 0.5) is 9.18 Å². The molecule has 0 spiro atoms. The van der Waals surface area contributed by atoms with E-state index in [1.807, 2.05) is 6.07 Å². The van der Waals surface area contributed by atoms with Crippen LogP contribution in [0.5, 0.6) is 0 Å². The van der Waals surface area contributed by atoms with Crippen LogP contribution in [0.1, 0.15) is 31.0 Å². The molecular formula is C19H19ClFNO4. The molecule has 0 radical (unpaired) electrons. The number of nitrogens with zero attached hydrogens (tertiary/aromatic N) is 1. The van der Waals surface area contributed by atoms with Crippen molar-refractivity contribution in [1.29, 1.82) is 0 Å². The number of aliphatic carboxylic acids is 1. The summed E-state index contributed by atoms with van der Waals surface area (Å²) in [5.41, 5.74) is 0.832. The monoisotopic (exact) mass is 379 g/mol. The molecule has 1 unspecified atom stereocenters. The maximum atomic E-state index is 13.7. The Hall–Kier alpha value is -2.60. The summed E-state index contributed by atoms with van der Waals surface area (Å²) in [6, 6.07) is 10.5. The number of halogens is 2. The van der Waals surface area contributed by atoms with E-state index >= 15 is 0 Å².